The van der Waals surface area contributed by atoms with Crippen LogP contribution in [0, 0.1) is 0 Å². The Morgan fingerprint density at radius 2 is 1.89 bits per heavy atom. The molecule has 2 rings (SSSR count). The van der Waals surface area contributed by atoms with E-state index in [9.17, 15) is 0 Å². The van der Waals surface area contributed by atoms with Crippen molar-refractivity contribution in [2.45, 2.75) is 5.38 Å². The Morgan fingerprint density at radius 1 is 1.17 bits per heavy atom. The largest absolute Gasteiger partial charge is 0.496 e. The second kappa shape index (κ2) is 6.27. The van der Waals surface area contributed by atoms with Gasteiger partial charge in [0.1, 0.15) is 5.75 Å². The normalized spacial score (nSPS) is 12.5. The fourth-order valence-electron chi connectivity index (χ4n) is 1.59. The highest BCUT2D eigenvalue weighted by molar-refractivity contribution is 9.12. The summed E-state index contributed by atoms with van der Waals surface area (Å²) in [6, 6.07) is 7.87. The maximum absolute atomic E-state index is 6.55. The quantitative estimate of drug-likeness (QED) is 0.469. The fraction of sp³-hybridized carbons (Fsp3) is 0.167. The Hall–Kier alpha value is 0.450. The third-order valence-electron chi connectivity index (χ3n) is 2.42. The lowest BCUT2D eigenvalue weighted by Crippen LogP contribution is -1.97. The summed E-state index contributed by atoms with van der Waals surface area (Å²) in [7, 11) is 1.65. The van der Waals surface area contributed by atoms with Crippen LogP contribution in [0.5, 0.6) is 5.75 Å². The van der Waals surface area contributed by atoms with E-state index in [0.29, 0.717) is 0 Å². The first-order chi connectivity index (χ1) is 8.52. The highest BCUT2D eigenvalue weighted by Crippen LogP contribution is 2.43. The van der Waals surface area contributed by atoms with Crippen molar-refractivity contribution in [3.8, 4) is 5.75 Å². The van der Waals surface area contributed by atoms with E-state index in [1.54, 1.807) is 18.4 Å². The molecule has 0 saturated heterocycles. The number of ether oxygens (including phenoxy) is 1. The molecule has 1 aromatic heterocycles. The molecule has 1 nitrogen and oxygen atoms in total. The molecule has 96 valence electrons. The van der Waals surface area contributed by atoms with Gasteiger partial charge in [0, 0.05) is 15.6 Å². The van der Waals surface area contributed by atoms with Gasteiger partial charge in [-0.15, -0.1) is 22.9 Å². The van der Waals surface area contributed by atoms with E-state index in [2.05, 4.69) is 47.8 Å². The van der Waals surface area contributed by atoms with E-state index in [-0.39, 0.29) is 5.38 Å². The van der Waals surface area contributed by atoms with Crippen molar-refractivity contribution in [2.24, 2.45) is 0 Å². The van der Waals surface area contributed by atoms with Crippen molar-refractivity contribution in [1.82, 2.24) is 0 Å². The van der Waals surface area contributed by atoms with Crippen LogP contribution in [0.3, 0.4) is 0 Å². The smallest absolute Gasteiger partial charge is 0.125 e. The molecule has 18 heavy (non-hydrogen) atoms. The Morgan fingerprint density at radius 3 is 2.44 bits per heavy atom. The topological polar surface area (TPSA) is 9.23 Å². The van der Waals surface area contributed by atoms with Crippen LogP contribution in [0.2, 0.25) is 0 Å². The molecule has 1 unspecified atom stereocenters. The zero-order chi connectivity index (χ0) is 13.3. The number of halogens is 4. The maximum atomic E-state index is 6.55. The zero-order valence-corrected chi connectivity index (χ0v) is 15.5. The first-order valence-corrected chi connectivity index (χ1v) is 8.58. The molecule has 0 amide bonds. The van der Waals surface area contributed by atoms with Gasteiger partial charge in [0.15, 0.2) is 0 Å². The number of hydrogen-bond donors (Lipinski definition) is 0. The van der Waals surface area contributed by atoms with Crippen molar-refractivity contribution in [1.29, 1.82) is 0 Å². The average molecular weight is 475 g/mol. The predicted octanol–water partition coefficient (Wildman–Crippen LogP) is 6.37. The molecular weight excluding hydrogens is 467 g/mol. The standard InChI is InChI=1S/C12H8Br3ClOS/c1-17-9-4-6(13)2-3-7(9)11(16)8-5-10(14)18-12(8)15/h2-5,11H,1H3. The number of thiophene rings is 1. The summed E-state index contributed by atoms with van der Waals surface area (Å²) >= 11 is 18.6. The highest BCUT2D eigenvalue weighted by Gasteiger charge is 2.20. The fourth-order valence-corrected chi connectivity index (χ4v) is 5.38. The lowest BCUT2D eigenvalue weighted by Gasteiger charge is -2.14. The molecule has 0 saturated carbocycles. The first kappa shape index (κ1) is 14.9. The summed E-state index contributed by atoms with van der Waals surface area (Å²) in [5.74, 6) is 0.776. The molecule has 2 aromatic rings. The molecule has 1 atom stereocenters. The van der Waals surface area contributed by atoms with Crippen molar-refractivity contribution in [3.63, 3.8) is 0 Å². The van der Waals surface area contributed by atoms with Gasteiger partial charge in [-0.05, 0) is 50.1 Å². The molecule has 0 fully saturated rings. The second-order valence-electron chi connectivity index (χ2n) is 3.53. The van der Waals surface area contributed by atoms with E-state index in [4.69, 9.17) is 16.3 Å². The highest BCUT2D eigenvalue weighted by atomic mass is 79.9. The van der Waals surface area contributed by atoms with Gasteiger partial charge in [0.25, 0.3) is 0 Å². The first-order valence-electron chi connectivity index (χ1n) is 4.95. The summed E-state index contributed by atoms with van der Waals surface area (Å²) in [5, 5.41) is -0.245. The van der Waals surface area contributed by atoms with Gasteiger partial charge in [-0.2, -0.15) is 0 Å². The molecule has 0 aliphatic carbocycles. The van der Waals surface area contributed by atoms with Crippen LogP contribution >= 0.6 is 70.7 Å². The summed E-state index contributed by atoms with van der Waals surface area (Å²) in [5.41, 5.74) is 1.99. The van der Waals surface area contributed by atoms with E-state index >= 15 is 0 Å². The molecule has 0 radical (unpaired) electrons. The summed E-state index contributed by atoms with van der Waals surface area (Å²) in [6.45, 7) is 0. The van der Waals surface area contributed by atoms with Crippen LogP contribution in [0.25, 0.3) is 0 Å². The Balaban J connectivity index is 2.45. The third kappa shape index (κ3) is 3.12. The molecular formula is C12H8Br3ClOS. The van der Waals surface area contributed by atoms with E-state index < -0.39 is 0 Å². The minimum Gasteiger partial charge on any atom is -0.496 e. The van der Waals surface area contributed by atoms with Gasteiger partial charge in [-0.25, -0.2) is 0 Å². The zero-order valence-electron chi connectivity index (χ0n) is 9.22. The van der Waals surface area contributed by atoms with Gasteiger partial charge < -0.3 is 4.74 Å². The minimum absolute atomic E-state index is 0.245. The molecule has 0 N–H and O–H groups in total. The molecule has 0 aliphatic rings. The van der Waals surface area contributed by atoms with Crippen LogP contribution in [0.15, 0.2) is 36.3 Å². The van der Waals surface area contributed by atoms with Gasteiger partial charge in [-0.3, -0.25) is 0 Å². The lowest BCUT2D eigenvalue weighted by atomic mass is 10.1. The van der Waals surface area contributed by atoms with Crippen LogP contribution in [0.4, 0.5) is 0 Å². The van der Waals surface area contributed by atoms with E-state index in [1.807, 2.05) is 24.3 Å². The maximum Gasteiger partial charge on any atom is 0.125 e. The minimum atomic E-state index is -0.245. The van der Waals surface area contributed by atoms with Crippen LogP contribution < -0.4 is 4.74 Å². The molecule has 0 spiro atoms. The second-order valence-corrected chi connectivity index (χ2v) is 8.63. The Kier molecular flexibility index (Phi) is 5.17. The van der Waals surface area contributed by atoms with Crippen molar-refractivity contribution in [3.05, 3.63) is 47.4 Å². The van der Waals surface area contributed by atoms with Crippen LogP contribution in [-0.2, 0) is 0 Å². The van der Waals surface area contributed by atoms with Crippen LogP contribution in [-0.4, -0.2) is 7.11 Å². The number of hydrogen-bond acceptors (Lipinski definition) is 2. The molecule has 6 heteroatoms. The number of benzene rings is 1. The number of rotatable bonds is 3. The van der Waals surface area contributed by atoms with E-state index in [0.717, 1.165) is 28.9 Å². The Bertz CT molecular complexity index is 570. The SMILES string of the molecule is COc1cc(Br)ccc1C(Cl)c1cc(Br)sc1Br. The number of methoxy groups -OCH3 is 1. The van der Waals surface area contributed by atoms with E-state index in [1.165, 1.54) is 0 Å². The van der Waals surface area contributed by atoms with Crippen LogP contribution in [0.1, 0.15) is 16.5 Å². The predicted molar refractivity (Wildman–Crippen MR) is 88.1 cm³/mol. The third-order valence-corrected chi connectivity index (χ3v) is 5.77. The monoisotopic (exact) mass is 472 g/mol. The van der Waals surface area contributed by atoms with Crippen molar-refractivity contribution < 1.29 is 4.74 Å². The number of alkyl halides is 1. The van der Waals surface area contributed by atoms with Crippen molar-refractivity contribution >= 4 is 70.7 Å². The molecule has 0 bridgehead atoms. The summed E-state index contributed by atoms with van der Waals surface area (Å²) in [4.78, 5) is 0. The van der Waals surface area contributed by atoms with Gasteiger partial charge in [0.05, 0.1) is 20.1 Å². The lowest BCUT2D eigenvalue weighted by molar-refractivity contribution is 0.410. The van der Waals surface area contributed by atoms with Gasteiger partial charge >= 0.3 is 0 Å². The molecule has 1 heterocycles. The molecule has 0 aliphatic heterocycles. The molecule has 1 aromatic carbocycles. The van der Waals surface area contributed by atoms with Crippen molar-refractivity contribution in [2.75, 3.05) is 7.11 Å². The van der Waals surface area contributed by atoms with Gasteiger partial charge in [0.2, 0.25) is 0 Å². The van der Waals surface area contributed by atoms with Gasteiger partial charge in [-0.1, -0.05) is 22.0 Å². The Labute approximate surface area is 140 Å². The average Bonchev–Trinajstić information content (AvgIpc) is 2.67. The summed E-state index contributed by atoms with van der Waals surface area (Å²) < 4.78 is 8.42. The summed E-state index contributed by atoms with van der Waals surface area (Å²) in [6.07, 6.45) is 0.